The van der Waals surface area contributed by atoms with Gasteiger partial charge in [-0.05, 0) is 36.2 Å². The van der Waals surface area contributed by atoms with Gasteiger partial charge in [-0.15, -0.1) is 0 Å². The Balaban J connectivity index is 2.57. The standard InChI is InChI=1S/C10H16BrN3/c1-4-7-9(11)14-8(13-7)5-12-6-10(14,2)3/h12H,4-6H2,1-3H3. The van der Waals surface area contributed by atoms with E-state index < -0.39 is 0 Å². The number of rotatable bonds is 1. The van der Waals surface area contributed by atoms with Crippen molar-refractivity contribution in [2.24, 2.45) is 0 Å². The fourth-order valence-corrected chi connectivity index (χ4v) is 3.07. The third kappa shape index (κ3) is 1.41. The number of halogens is 1. The zero-order valence-corrected chi connectivity index (χ0v) is 10.5. The molecule has 4 heteroatoms. The Morgan fingerprint density at radius 2 is 2.29 bits per heavy atom. The van der Waals surface area contributed by atoms with E-state index in [0.717, 1.165) is 35.6 Å². The molecule has 0 aromatic carbocycles. The lowest BCUT2D eigenvalue weighted by Gasteiger charge is -2.33. The molecule has 0 unspecified atom stereocenters. The second kappa shape index (κ2) is 3.35. The van der Waals surface area contributed by atoms with Gasteiger partial charge in [0.15, 0.2) is 0 Å². The lowest BCUT2D eigenvalue weighted by Crippen LogP contribution is -2.44. The number of aromatic nitrogens is 2. The molecule has 1 aliphatic rings. The first-order valence-corrected chi connectivity index (χ1v) is 5.82. The van der Waals surface area contributed by atoms with Crippen LogP contribution in [0.2, 0.25) is 0 Å². The highest BCUT2D eigenvalue weighted by Crippen LogP contribution is 2.29. The number of aryl methyl sites for hydroxylation is 1. The summed E-state index contributed by atoms with van der Waals surface area (Å²) in [6, 6.07) is 0. The van der Waals surface area contributed by atoms with Gasteiger partial charge in [0.05, 0.1) is 17.8 Å². The molecule has 0 amide bonds. The Kier molecular flexibility index (Phi) is 2.43. The monoisotopic (exact) mass is 257 g/mol. The van der Waals surface area contributed by atoms with Crippen molar-refractivity contribution in [3.8, 4) is 0 Å². The topological polar surface area (TPSA) is 29.9 Å². The van der Waals surface area contributed by atoms with Crippen LogP contribution in [-0.2, 0) is 18.5 Å². The van der Waals surface area contributed by atoms with Gasteiger partial charge in [0.25, 0.3) is 0 Å². The lowest BCUT2D eigenvalue weighted by molar-refractivity contribution is 0.281. The molecule has 0 saturated heterocycles. The number of fused-ring (bicyclic) bond motifs is 1. The second-order valence-corrected chi connectivity index (χ2v) is 5.12. The minimum Gasteiger partial charge on any atom is -0.314 e. The van der Waals surface area contributed by atoms with Gasteiger partial charge in [0.2, 0.25) is 0 Å². The van der Waals surface area contributed by atoms with Crippen molar-refractivity contribution >= 4 is 15.9 Å². The van der Waals surface area contributed by atoms with Crippen LogP contribution in [0.1, 0.15) is 32.3 Å². The molecule has 0 aliphatic carbocycles. The summed E-state index contributed by atoms with van der Waals surface area (Å²) in [5.74, 6) is 1.14. The van der Waals surface area contributed by atoms with Crippen LogP contribution in [0.5, 0.6) is 0 Å². The number of nitrogens with zero attached hydrogens (tertiary/aromatic N) is 2. The highest BCUT2D eigenvalue weighted by atomic mass is 79.9. The van der Waals surface area contributed by atoms with Gasteiger partial charge in [-0.3, -0.25) is 0 Å². The first kappa shape index (κ1) is 10.2. The van der Waals surface area contributed by atoms with E-state index in [1.165, 1.54) is 0 Å². The first-order valence-electron chi connectivity index (χ1n) is 5.03. The van der Waals surface area contributed by atoms with Crippen LogP contribution < -0.4 is 5.32 Å². The summed E-state index contributed by atoms with van der Waals surface area (Å²) in [6.45, 7) is 8.47. The van der Waals surface area contributed by atoms with E-state index in [9.17, 15) is 0 Å². The molecule has 1 aliphatic heterocycles. The fraction of sp³-hybridized carbons (Fsp3) is 0.700. The fourth-order valence-electron chi connectivity index (χ4n) is 2.01. The molecule has 1 aromatic rings. The van der Waals surface area contributed by atoms with E-state index in [4.69, 9.17) is 0 Å². The Hall–Kier alpha value is -0.350. The summed E-state index contributed by atoms with van der Waals surface area (Å²) >= 11 is 3.65. The van der Waals surface area contributed by atoms with Gasteiger partial charge < -0.3 is 9.88 Å². The molecule has 0 fully saturated rings. The van der Waals surface area contributed by atoms with Crippen LogP contribution in [-0.4, -0.2) is 16.1 Å². The maximum absolute atomic E-state index is 4.62. The van der Waals surface area contributed by atoms with Crippen LogP contribution in [0.3, 0.4) is 0 Å². The third-order valence-electron chi connectivity index (χ3n) is 2.74. The van der Waals surface area contributed by atoms with Gasteiger partial charge in [-0.1, -0.05) is 6.92 Å². The van der Waals surface area contributed by atoms with Crippen LogP contribution in [0.25, 0.3) is 0 Å². The highest BCUT2D eigenvalue weighted by molar-refractivity contribution is 9.10. The SMILES string of the molecule is CCc1nc2n(c1Br)C(C)(C)CNC2. The summed E-state index contributed by atoms with van der Waals surface area (Å²) in [5.41, 5.74) is 1.28. The van der Waals surface area contributed by atoms with Crippen LogP contribution in [0.15, 0.2) is 4.60 Å². The van der Waals surface area contributed by atoms with Crippen molar-refractivity contribution < 1.29 is 0 Å². The van der Waals surface area contributed by atoms with Crippen LogP contribution in [0, 0.1) is 0 Å². The smallest absolute Gasteiger partial charge is 0.124 e. The Bertz CT molecular complexity index is 354. The van der Waals surface area contributed by atoms with E-state index >= 15 is 0 Å². The van der Waals surface area contributed by atoms with E-state index in [2.05, 4.69) is 51.6 Å². The molecule has 0 radical (unpaired) electrons. The summed E-state index contributed by atoms with van der Waals surface area (Å²) in [5, 5.41) is 3.39. The summed E-state index contributed by atoms with van der Waals surface area (Å²) in [4.78, 5) is 4.62. The Morgan fingerprint density at radius 1 is 1.57 bits per heavy atom. The highest BCUT2D eigenvalue weighted by Gasteiger charge is 2.30. The Labute approximate surface area is 93.0 Å². The van der Waals surface area contributed by atoms with Crippen molar-refractivity contribution in [3.05, 3.63) is 16.1 Å². The number of nitrogens with one attached hydrogen (secondary N) is 1. The minimum absolute atomic E-state index is 0.118. The Morgan fingerprint density at radius 3 is 2.86 bits per heavy atom. The molecular weight excluding hydrogens is 242 g/mol. The molecule has 0 saturated carbocycles. The number of imidazole rings is 1. The third-order valence-corrected chi connectivity index (χ3v) is 3.55. The first-order chi connectivity index (χ1) is 6.56. The van der Waals surface area contributed by atoms with Gasteiger partial charge >= 0.3 is 0 Å². The van der Waals surface area contributed by atoms with Crippen molar-refractivity contribution in [3.63, 3.8) is 0 Å². The zero-order chi connectivity index (χ0) is 10.3. The maximum Gasteiger partial charge on any atom is 0.124 e. The predicted molar refractivity (Wildman–Crippen MR) is 60.3 cm³/mol. The molecule has 2 rings (SSSR count). The average Bonchev–Trinajstić information content (AvgIpc) is 2.43. The van der Waals surface area contributed by atoms with Crippen molar-refractivity contribution in [1.82, 2.24) is 14.9 Å². The quantitative estimate of drug-likeness (QED) is 0.835. The van der Waals surface area contributed by atoms with E-state index in [-0.39, 0.29) is 5.54 Å². The van der Waals surface area contributed by atoms with E-state index in [1.807, 2.05) is 0 Å². The molecule has 14 heavy (non-hydrogen) atoms. The van der Waals surface area contributed by atoms with E-state index in [0.29, 0.717) is 0 Å². The molecular formula is C10H16BrN3. The van der Waals surface area contributed by atoms with Crippen LogP contribution in [0.4, 0.5) is 0 Å². The van der Waals surface area contributed by atoms with Gasteiger partial charge in [-0.25, -0.2) is 4.98 Å². The van der Waals surface area contributed by atoms with Gasteiger partial charge in [0, 0.05) is 6.54 Å². The second-order valence-electron chi connectivity index (χ2n) is 4.37. The minimum atomic E-state index is 0.118. The normalized spacial score (nSPS) is 19.4. The largest absolute Gasteiger partial charge is 0.314 e. The molecule has 78 valence electrons. The van der Waals surface area contributed by atoms with Gasteiger partial charge in [-0.2, -0.15) is 0 Å². The zero-order valence-electron chi connectivity index (χ0n) is 8.89. The molecule has 1 aromatic heterocycles. The number of hydrogen-bond donors (Lipinski definition) is 1. The number of hydrogen-bond acceptors (Lipinski definition) is 2. The summed E-state index contributed by atoms with van der Waals surface area (Å²) in [7, 11) is 0. The molecule has 0 atom stereocenters. The summed E-state index contributed by atoms with van der Waals surface area (Å²) < 4.78 is 3.46. The molecule has 0 bridgehead atoms. The molecule has 0 spiro atoms. The summed E-state index contributed by atoms with van der Waals surface area (Å²) in [6.07, 6.45) is 0.983. The van der Waals surface area contributed by atoms with Gasteiger partial charge in [0.1, 0.15) is 10.4 Å². The van der Waals surface area contributed by atoms with Crippen molar-refractivity contribution in [2.45, 2.75) is 39.3 Å². The van der Waals surface area contributed by atoms with Crippen molar-refractivity contribution in [2.75, 3.05) is 6.54 Å². The van der Waals surface area contributed by atoms with Crippen LogP contribution >= 0.6 is 15.9 Å². The maximum atomic E-state index is 4.62. The van der Waals surface area contributed by atoms with Crippen molar-refractivity contribution in [1.29, 1.82) is 0 Å². The molecule has 3 nitrogen and oxygen atoms in total. The predicted octanol–water partition coefficient (Wildman–Crippen LogP) is 2.05. The lowest BCUT2D eigenvalue weighted by atomic mass is 10.0. The van der Waals surface area contributed by atoms with E-state index in [1.54, 1.807) is 0 Å². The molecule has 1 N–H and O–H groups in total. The molecule has 2 heterocycles. The average molecular weight is 258 g/mol.